The van der Waals surface area contributed by atoms with E-state index in [-0.39, 0.29) is 11.8 Å². The lowest BCUT2D eigenvalue weighted by Crippen LogP contribution is -2.34. The van der Waals surface area contributed by atoms with E-state index >= 15 is 0 Å². The van der Waals surface area contributed by atoms with Gasteiger partial charge in [-0.05, 0) is 12.1 Å². The monoisotopic (exact) mass is 404 g/mol. The number of esters is 1. The quantitative estimate of drug-likeness (QED) is 0.487. The molecule has 0 aliphatic heterocycles. The molecule has 1 atom stereocenters. The molecule has 0 fully saturated rings. The normalized spacial score (nSPS) is 11.6. The van der Waals surface area contributed by atoms with Crippen LogP contribution in [0.1, 0.15) is 22.3 Å². The van der Waals surface area contributed by atoms with E-state index in [4.69, 9.17) is 13.7 Å². The summed E-state index contributed by atoms with van der Waals surface area (Å²) in [7, 11) is 1.20. The minimum absolute atomic E-state index is 0.0406. The Hall–Kier alpha value is -4.27. The number of hydrogen-bond acceptors (Lipinski definition) is 8. The molecule has 9 nitrogen and oxygen atoms in total. The summed E-state index contributed by atoms with van der Waals surface area (Å²) in [4.78, 5) is 24.7. The Morgan fingerprint density at radius 2 is 1.70 bits per heavy atom. The van der Waals surface area contributed by atoms with E-state index in [0.717, 1.165) is 5.56 Å². The fraction of sp³-hybridized carbons (Fsp3) is 0.0952. The van der Waals surface area contributed by atoms with E-state index in [0.29, 0.717) is 17.0 Å². The van der Waals surface area contributed by atoms with Crippen molar-refractivity contribution in [1.29, 1.82) is 0 Å². The third-order valence-electron chi connectivity index (χ3n) is 4.22. The number of nitrogens with zero attached hydrogens (tertiary/aromatic N) is 3. The molecular weight excluding hydrogens is 388 g/mol. The van der Waals surface area contributed by atoms with Crippen LogP contribution in [0, 0.1) is 0 Å². The average Bonchev–Trinajstić information content (AvgIpc) is 3.48. The van der Waals surface area contributed by atoms with Crippen LogP contribution in [-0.4, -0.2) is 34.3 Å². The third-order valence-corrected chi connectivity index (χ3v) is 4.22. The molecule has 30 heavy (non-hydrogen) atoms. The van der Waals surface area contributed by atoms with E-state index in [9.17, 15) is 9.59 Å². The summed E-state index contributed by atoms with van der Waals surface area (Å²) < 4.78 is 15.7. The van der Waals surface area contributed by atoms with Crippen molar-refractivity contribution < 1.29 is 23.3 Å². The van der Waals surface area contributed by atoms with Crippen LogP contribution >= 0.6 is 0 Å². The van der Waals surface area contributed by atoms with Gasteiger partial charge in [-0.15, -0.1) is 10.2 Å². The summed E-state index contributed by atoms with van der Waals surface area (Å²) in [6.45, 7) is 0. The van der Waals surface area contributed by atoms with Crippen molar-refractivity contribution in [2.45, 2.75) is 6.04 Å². The van der Waals surface area contributed by atoms with Crippen molar-refractivity contribution in [1.82, 2.24) is 20.7 Å². The maximum atomic E-state index is 12.4. The van der Waals surface area contributed by atoms with Crippen molar-refractivity contribution >= 4 is 11.9 Å². The van der Waals surface area contributed by atoms with Gasteiger partial charge in [0.15, 0.2) is 11.5 Å². The molecule has 0 saturated carbocycles. The van der Waals surface area contributed by atoms with Gasteiger partial charge < -0.3 is 19.0 Å². The maximum Gasteiger partial charge on any atom is 0.338 e. The molecule has 0 saturated heterocycles. The zero-order valence-electron chi connectivity index (χ0n) is 15.8. The van der Waals surface area contributed by atoms with Crippen LogP contribution in [0.25, 0.3) is 22.9 Å². The number of ether oxygens (including phenoxy) is 1. The maximum absolute atomic E-state index is 12.4. The molecule has 2 aromatic carbocycles. The van der Waals surface area contributed by atoms with Crippen LogP contribution < -0.4 is 5.32 Å². The summed E-state index contributed by atoms with van der Waals surface area (Å²) in [6, 6.07) is 18.2. The van der Waals surface area contributed by atoms with Gasteiger partial charge in [-0.25, -0.2) is 4.79 Å². The molecule has 4 aromatic rings. The first-order chi connectivity index (χ1) is 14.7. The standard InChI is InChI=1S/C21H16N4O5/c1-28-21(27)17(22-18(26)14-10-6-3-7-11-14)20-24-23-19(29-20)15-12-16(30-25-15)13-8-4-2-5-9-13/h2-12,17H,1H3,(H,22,26). The number of amides is 1. The largest absolute Gasteiger partial charge is 0.467 e. The third kappa shape index (κ3) is 3.95. The Bertz CT molecular complexity index is 1150. The van der Waals surface area contributed by atoms with E-state index in [1.807, 2.05) is 30.3 Å². The predicted octanol–water partition coefficient (Wildman–Crippen LogP) is 3.04. The van der Waals surface area contributed by atoms with Crippen LogP contribution in [-0.2, 0) is 9.53 Å². The molecule has 0 radical (unpaired) electrons. The van der Waals surface area contributed by atoms with E-state index in [1.54, 1.807) is 36.4 Å². The number of aromatic nitrogens is 3. The summed E-state index contributed by atoms with van der Waals surface area (Å²) in [6.07, 6.45) is 0. The molecule has 4 rings (SSSR count). The number of hydrogen-bond donors (Lipinski definition) is 1. The van der Waals surface area contributed by atoms with Gasteiger partial charge in [-0.2, -0.15) is 0 Å². The van der Waals surface area contributed by atoms with Crippen molar-refractivity contribution in [3.05, 3.63) is 78.2 Å². The van der Waals surface area contributed by atoms with Gasteiger partial charge in [-0.1, -0.05) is 53.7 Å². The number of rotatable bonds is 6. The molecule has 0 aliphatic rings. The second-order valence-electron chi connectivity index (χ2n) is 6.18. The molecule has 1 N–H and O–H groups in total. The molecule has 9 heteroatoms. The van der Waals surface area contributed by atoms with Crippen LogP contribution in [0.5, 0.6) is 0 Å². The lowest BCUT2D eigenvalue weighted by atomic mass is 10.2. The van der Waals surface area contributed by atoms with Crippen molar-refractivity contribution in [3.63, 3.8) is 0 Å². The topological polar surface area (TPSA) is 120 Å². The molecular formula is C21H16N4O5. The minimum atomic E-state index is -1.27. The van der Waals surface area contributed by atoms with Gasteiger partial charge in [0.1, 0.15) is 0 Å². The summed E-state index contributed by atoms with van der Waals surface area (Å²) in [5.41, 5.74) is 1.50. The average molecular weight is 404 g/mol. The van der Waals surface area contributed by atoms with Crippen LogP contribution in [0.15, 0.2) is 75.7 Å². The second kappa shape index (κ2) is 8.39. The Kier molecular flexibility index (Phi) is 5.33. The molecule has 0 aliphatic carbocycles. The summed E-state index contributed by atoms with van der Waals surface area (Å²) in [5.74, 6) is -0.811. The van der Waals surface area contributed by atoms with Gasteiger partial charge in [0, 0.05) is 17.2 Å². The van der Waals surface area contributed by atoms with E-state index < -0.39 is 17.9 Å². The fourth-order valence-corrected chi connectivity index (χ4v) is 2.71. The van der Waals surface area contributed by atoms with Crippen LogP contribution in [0.2, 0.25) is 0 Å². The number of benzene rings is 2. The van der Waals surface area contributed by atoms with E-state index in [2.05, 4.69) is 20.7 Å². The van der Waals surface area contributed by atoms with Crippen molar-refractivity contribution in [3.8, 4) is 22.9 Å². The van der Waals surface area contributed by atoms with Gasteiger partial charge in [0.25, 0.3) is 17.7 Å². The Balaban J connectivity index is 1.58. The van der Waals surface area contributed by atoms with Gasteiger partial charge in [0.2, 0.25) is 6.04 Å². The lowest BCUT2D eigenvalue weighted by molar-refractivity contribution is -0.143. The first-order valence-electron chi connectivity index (χ1n) is 8.95. The Morgan fingerprint density at radius 3 is 2.40 bits per heavy atom. The second-order valence-corrected chi connectivity index (χ2v) is 6.18. The summed E-state index contributed by atoms with van der Waals surface area (Å²) >= 11 is 0. The highest BCUT2D eigenvalue weighted by Gasteiger charge is 2.30. The molecule has 150 valence electrons. The van der Waals surface area contributed by atoms with E-state index in [1.165, 1.54) is 7.11 Å². The highest BCUT2D eigenvalue weighted by molar-refractivity contribution is 5.96. The van der Waals surface area contributed by atoms with Crippen molar-refractivity contribution in [2.24, 2.45) is 0 Å². The Labute approximate surface area is 170 Å². The number of carbonyl (C=O) groups excluding carboxylic acids is 2. The zero-order chi connectivity index (χ0) is 20.9. The van der Waals surface area contributed by atoms with Crippen LogP contribution in [0.3, 0.4) is 0 Å². The number of carbonyl (C=O) groups is 2. The highest BCUT2D eigenvalue weighted by atomic mass is 16.5. The van der Waals surface area contributed by atoms with Crippen molar-refractivity contribution in [2.75, 3.05) is 7.11 Å². The molecule has 1 unspecified atom stereocenters. The molecule has 0 spiro atoms. The SMILES string of the molecule is COC(=O)C(NC(=O)c1ccccc1)c1nnc(-c2cc(-c3ccccc3)on2)o1. The lowest BCUT2D eigenvalue weighted by Gasteiger charge is -2.12. The molecule has 2 heterocycles. The van der Waals surface area contributed by atoms with Gasteiger partial charge >= 0.3 is 5.97 Å². The fourth-order valence-electron chi connectivity index (χ4n) is 2.71. The smallest absolute Gasteiger partial charge is 0.338 e. The zero-order valence-corrected chi connectivity index (χ0v) is 15.8. The number of methoxy groups -OCH3 is 1. The van der Waals surface area contributed by atoms with Gasteiger partial charge in [-0.3, -0.25) is 4.79 Å². The van der Waals surface area contributed by atoms with Gasteiger partial charge in [0.05, 0.1) is 7.11 Å². The first-order valence-corrected chi connectivity index (χ1v) is 8.95. The van der Waals surface area contributed by atoms with Crippen LogP contribution in [0.4, 0.5) is 0 Å². The molecule has 0 bridgehead atoms. The number of nitrogens with one attached hydrogen (secondary N) is 1. The summed E-state index contributed by atoms with van der Waals surface area (Å²) in [5, 5.41) is 14.3. The Morgan fingerprint density at radius 1 is 1.00 bits per heavy atom. The molecule has 2 aromatic heterocycles. The first kappa shape index (κ1) is 19.1. The predicted molar refractivity (Wildman–Crippen MR) is 104 cm³/mol. The highest BCUT2D eigenvalue weighted by Crippen LogP contribution is 2.26. The molecule has 1 amide bonds. The minimum Gasteiger partial charge on any atom is -0.467 e.